The van der Waals surface area contributed by atoms with Crippen LogP contribution < -0.4 is 4.72 Å². The molecule has 3 rings (SSSR count). The molecular weight excluding hydrogens is 405 g/mol. The molecule has 0 atom stereocenters. The molecule has 3 aromatic rings. The predicted molar refractivity (Wildman–Crippen MR) is 104 cm³/mol. The molecule has 0 aliphatic heterocycles. The lowest BCUT2D eigenvalue weighted by Crippen LogP contribution is -2.14. The lowest BCUT2D eigenvalue weighted by molar-refractivity contribution is 0.102. The van der Waals surface area contributed by atoms with Crippen LogP contribution in [0, 0.1) is 5.82 Å². The number of thioether (sulfide) groups is 1. The Hall–Kier alpha value is -2.72. The van der Waals surface area contributed by atoms with Crippen molar-refractivity contribution in [2.24, 2.45) is 0 Å². The Labute approximate surface area is 165 Å². The molecule has 1 heterocycles. The van der Waals surface area contributed by atoms with E-state index in [0.29, 0.717) is 16.8 Å². The fourth-order valence-corrected chi connectivity index (χ4v) is 3.46. The maximum absolute atomic E-state index is 12.9. The van der Waals surface area contributed by atoms with Crippen LogP contribution in [0.25, 0.3) is 11.5 Å². The quantitative estimate of drug-likeness (QED) is 0.438. The van der Waals surface area contributed by atoms with Gasteiger partial charge in [0.2, 0.25) is 15.9 Å². The van der Waals surface area contributed by atoms with Gasteiger partial charge in [0.1, 0.15) is 5.82 Å². The van der Waals surface area contributed by atoms with Gasteiger partial charge in [-0.15, -0.1) is 10.2 Å². The number of sulfonamides is 1. The van der Waals surface area contributed by atoms with Gasteiger partial charge in [0.05, 0.1) is 11.5 Å². The Morgan fingerprint density at radius 3 is 2.43 bits per heavy atom. The van der Waals surface area contributed by atoms with Crippen molar-refractivity contribution in [3.63, 3.8) is 0 Å². The first-order valence-corrected chi connectivity index (χ1v) is 10.9. The summed E-state index contributed by atoms with van der Waals surface area (Å²) < 4.78 is 44.0. The highest BCUT2D eigenvalue weighted by molar-refractivity contribution is 7.99. The third kappa shape index (κ3) is 5.17. The number of carbonyl (C=O) groups is 1. The van der Waals surface area contributed by atoms with Crippen molar-refractivity contribution in [1.29, 1.82) is 0 Å². The zero-order chi connectivity index (χ0) is 20.1. The normalized spacial score (nSPS) is 11.4. The molecule has 0 fully saturated rings. The molecule has 0 amide bonds. The van der Waals surface area contributed by atoms with Gasteiger partial charge in [-0.05, 0) is 55.5 Å². The number of halogens is 1. The van der Waals surface area contributed by atoms with Gasteiger partial charge in [0.25, 0.3) is 5.22 Å². The van der Waals surface area contributed by atoms with E-state index in [1.54, 1.807) is 31.2 Å². The number of carbonyl (C=O) groups excluding carboxylic acids is 1. The van der Waals surface area contributed by atoms with Crippen LogP contribution >= 0.6 is 11.8 Å². The van der Waals surface area contributed by atoms with Gasteiger partial charge in [0.15, 0.2) is 5.78 Å². The summed E-state index contributed by atoms with van der Waals surface area (Å²) in [6.45, 7) is 1.55. The zero-order valence-corrected chi connectivity index (χ0v) is 16.4. The average molecular weight is 421 g/mol. The second-order valence-electron chi connectivity index (χ2n) is 5.67. The second kappa shape index (κ2) is 8.53. The Bertz CT molecular complexity index is 1060. The van der Waals surface area contributed by atoms with Gasteiger partial charge < -0.3 is 4.42 Å². The third-order valence-electron chi connectivity index (χ3n) is 3.68. The highest BCUT2D eigenvalue weighted by Gasteiger charge is 2.13. The summed E-state index contributed by atoms with van der Waals surface area (Å²) in [4.78, 5) is 12.1. The molecule has 146 valence electrons. The predicted octanol–water partition coefficient (Wildman–Crippen LogP) is 3.61. The standard InChI is InChI=1S/C18H16FN3O4S2/c1-2-28(24,25)22-15-9-5-13(6-10-15)17-20-21-18(26-17)27-11-16(23)12-3-7-14(19)8-4-12/h3-10,22H,2,11H2,1H3. The molecule has 1 aromatic heterocycles. The first-order valence-electron chi connectivity index (χ1n) is 8.22. The molecule has 0 unspecified atom stereocenters. The van der Waals surface area contributed by atoms with Gasteiger partial charge in [-0.1, -0.05) is 11.8 Å². The number of aromatic nitrogens is 2. The molecule has 2 aromatic carbocycles. The van der Waals surface area contributed by atoms with Gasteiger partial charge >= 0.3 is 0 Å². The van der Waals surface area contributed by atoms with Crippen LogP contribution in [0.2, 0.25) is 0 Å². The SMILES string of the molecule is CCS(=O)(=O)Nc1ccc(-c2nnc(SCC(=O)c3ccc(F)cc3)o2)cc1. The minimum Gasteiger partial charge on any atom is -0.411 e. The lowest BCUT2D eigenvalue weighted by atomic mass is 10.1. The first-order chi connectivity index (χ1) is 13.4. The van der Waals surface area contributed by atoms with Gasteiger partial charge in [-0.3, -0.25) is 9.52 Å². The van der Waals surface area contributed by atoms with E-state index in [1.807, 2.05) is 0 Å². The highest BCUT2D eigenvalue weighted by Crippen LogP contribution is 2.25. The fourth-order valence-electron chi connectivity index (χ4n) is 2.16. The summed E-state index contributed by atoms with van der Waals surface area (Å²) in [5.74, 6) is -0.279. The molecular formula is C18H16FN3O4S2. The van der Waals surface area contributed by atoms with Crippen molar-refractivity contribution in [3.8, 4) is 11.5 Å². The van der Waals surface area contributed by atoms with E-state index in [9.17, 15) is 17.6 Å². The summed E-state index contributed by atoms with van der Waals surface area (Å²) in [6, 6.07) is 11.8. The maximum Gasteiger partial charge on any atom is 0.277 e. The number of Topliss-reactive ketones (excluding diaryl/α,β-unsaturated/α-hetero) is 1. The van der Waals surface area contributed by atoms with Crippen LogP contribution in [-0.2, 0) is 10.0 Å². The van der Waals surface area contributed by atoms with E-state index in [4.69, 9.17) is 4.42 Å². The smallest absolute Gasteiger partial charge is 0.277 e. The van der Waals surface area contributed by atoms with Crippen LogP contribution in [0.1, 0.15) is 17.3 Å². The van der Waals surface area contributed by atoms with Gasteiger partial charge in [-0.25, -0.2) is 12.8 Å². The number of nitrogens with zero attached hydrogens (tertiary/aromatic N) is 2. The van der Waals surface area contributed by atoms with E-state index in [2.05, 4.69) is 14.9 Å². The molecule has 0 spiro atoms. The number of hydrogen-bond acceptors (Lipinski definition) is 7. The second-order valence-corrected chi connectivity index (χ2v) is 8.61. The molecule has 0 bridgehead atoms. The highest BCUT2D eigenvalue weighted by atomic mass is 32.2. The average Bonchev–Trinajstić information content (AvgIpc) is 3.16. The van der Waals surface area contributed by atoms with Crippen molar-refractivity contribution in [2.45, 2.75) is 12.1 Å². The summed E-state index contributed by atoms with van der Waals surface area (Å²) in [5, 5.41) is 8.05. The summed E-state index contributed by atoms with van der Waals surface area (Å²) in [5.41, 5.74) is 1.45. The molecule has 0 aliphatic carbocycles. The van der Waals surface area contributed by atoms with Crippen molar-refractivity contribution in [1.82, 2.24) is 10.2 Å². The lowest BCUT2D eigenvalue weighted by Gasteiger charge is -2.05. The molecule has 0 radical (unpaired) electrons. The largest absolute Gasteiger partial charge is 0.411 e. The number of hydrogen-bond donors (Lipinski definition) is 1. The van der Waals surface area contributed by atoms with Crippen LogP contribution in [0.4, 0.5) is 10.1 Å². The molecule has 0 aliphatic rings. The number of anilines is 1. The van der Waals surface area contributed by atoms with Crippen LogP contribution in [0.5, 0.6) is 0 Å². The number of ketones is 1. The van der Waals surface area contributed by atoms with Crippen molar-refractivity contribution in [3.05, 3.63) is 59.9 Å². The summed E-state index contributed by atoms with van der Waals surface area (Å²) in [7, 11) is -3.34. The summed E-state index contributed by atoms with van der Waals surface area (Å²) >= 11 is 1.08. The van der Waals surface area contributed by atoms with E-state index in [1.165, 1.54) is 24.3 Å². The monoisotopic (exact) mass is 421 g/mol. The molecule has 7 nitrogen and oxygen atoms in total. The van der Waals surface area contributed by atoms with E-state index < -0.39 is 15.8 Å². The van der Waals surface area contributed by atoms with Gasteiger partial charge in [0, 0.05) is 16.8 Å². The first kappa shape index (κ1) is 20.0. The number of nitrogens with one attached hydrogen (secondary N) is 1. The van der Waals surface area contributed by atoms with Crippen LogP contribution in [0.3, 0.4) is 0 Å². The maximum atomic E-state index is 12.9. The fraction of sp³-hybridized carbons (Fsp3) is 0.167. The number of benzene rings is 2. The molecule has 28 heavy (non-hydrogen) atoms. The van der Waals surface area contributed by atoms with Crippen LogP contribution in [0.15, 0.2) is 58.2 Å². The third-order valence-corrected chi connectivity index (χ3v) is 5.81. The van der Waals surface area contributed by atoms with E-state index in [0.717, 1.165) is 11.8 Å². The molecule has 0 saturated carbocycles. The Balaban J connectivity index is 1.62. The topological polar surface area (TPSA) is 102 Å². The minimum atomic E-state index is -3.34. The Morgan fingerprint density at radius 2 is 1.79 bits per heavy atom. The Morgan fingerprint density at radius 1 is 1.11 bits per heavy atom. The molecule has 10 heteroatoms. The van der Waals surface area contributed by atoms with Crippen molar-refractivity contribution >= 4 is 33.3 Å². The Kier molecular flexibility index (Phi) is 6.10. The van der Waals surface area contributed by atoms with Crippen molar-refractivity contribution in [2.75, 3.05) is 16.2 Å². The van der Waals surface area contributed by atoms with E-state index in [-0.39, 0.29) is 28.4 Å². The number of rotatable bonds is 8. The van der Waals surface area contributed by atoms with Gasteiger partial charge in [-0.2, -0.15) is 0 Å². The zero-order valence-electron chi connectivity index (χ0n) is 14.8. The van der Waals surface area contributed by atoms with Crippen LogP contribution in [-0.4, -0.2) is 35.9 Å². The molecule has 0 saturated heterocycles. The van der Waals surface area contributed by atoms with Crippen molar-refractivity contribution < 1.29 is 22.0 Å². The van der Waals surface area contributed by atoms with E-state index >= 15 is 0 Å². The summed E-state index contributed by atoms with van der Waals surface area (Å²) in [6.07, 6.45) is 0. The minimum absolute atomic E-state index is 0.0182. The molecule has 1 N–H and O–H groups in total.